The molecule has 2 aromatic rings. The third-order valence-electron chi connectivity index (χ3n) is 2.57. The van der Waals surface area contributed by atoms with Gasteiger partial charge < -0.3 is 9.84 Å². The molecule has 0 saturated carbocycles. The maximum atomic E-state index is 11.6. The number of nitrogens with one attached hydrogen (secondary N) is 1. The molecule has 0 fully saturated rings. The van der Waals surface area contributed by atoms with E-state index in [2.05, 4.69) is 10.1 Å². The van der Waals surface area contributed by atoms with Crippen LogP contribution < -0.4 is 5.32 Å². The molecule has 2 N–H and O–H groups in total. The highest BCUT2D eigenvalue weighted by Gasteiger charge is 2.12. The molecule has 0 bridgehead atoms. The standard InChI is InChI=1S/C15H11NO5/c17-13(18)10-6-8-12(9-7-10)16-15(20)21-14(19)11-4-2-1-3-5-11/h1-9H,(H,16,20)(H,17,18). The first kappa shape index (κ1) is 14.3. The zero-order valence-electron chi connectivity index (χ0n) is 10.8. The molecule has 6 heteroatoms. The number of benzene rings is 2. The zero-order valence-corrected chi connectivity index (χ0v) is 10.8. The summed E-state index contributed by atoms with van der Waals surface area (Å²) in [6.07, 6.45) is -0.938. The van der Waals surface area contributed by atoms with Crippen LogP contribution in [0, 0.1) is 0 Å². The van der Waals surface area contributed by atoms with Gasteiger partial charge in [-0.25, -0.2) is 14.4 Å². The van der Waals surface area contributed by atoms with Gasteiger partial charge in [0.1, 0.15) is 0 Å². The molecule has 21 heavy (non-hydrogen) atoms. The van der Waals surface area contributed by atoms with Crippen molar-refractivity contribution in [3.63, 3.8) is 0 Å². The number of amides is 1. The molecule has 0 atom stereocenters. The number of carbonyl (C=O) groups excluding carboxylic acids is 2. The highest BCUT2D eigenvalue weighted by Crippen LogP contribution is 2.10. The number of anilines is 1. The predicted octanol–water partition coefficient (Wildman–Crippen LogP) is 2.77. The number of carboxylic acids is 1. The summed E-state index contributed by atoms with van der Waals surface area (Å²) in [5.41, 5.74) is 0.675. The fourth-order valence-corrected chi connectivity index (χ4v) is 1.56. The van der Waals surface area contributed by atoms with Crippen molar-refractivity contribution in [2.75, 3.05) is 5.32 Å². The van der Waals surface area contributed by atoms with Crippen LogP contribution in [0.2, 0.25) is 0 Å². The summed E-state index contributed by atoms with van der Waals surface area (Å²) in [5, 5.41) is 11.1. The van der Waals surface area contributed by atoms with Gasteiger partial charge >= 0.3 is 18.0 Å². The lowest BCUT2D eigenvalue weighted by Gasteiger charge is -2.05. The monoisotopic (exact) mass is 285 g/mol. The molecule has 2 rings (SSSR count). The van der Waals surface area contributed by atoms with Gasteiger partial charge in [0.2, 0.25) is 0 Å². The third-order valence-corrected chi connectivity index (χ3v) is 2.57. The zero-order chi connectivity index (χ0) is 15.2. The van der Waals surface area contributed by atoms with Gasteiger partial charge in [0.25, 0.3) is 0 Å². The minimum Gasteiger partial charge on any atom is -0.478 e. The fraction of sp³-hybridized carbons (Fsp3) is 0. The van der Waals surface area contributed by atoms with Crippen LogP contribution in [0.1, 0.15) is 20.7 Å². The Hall–Kier alpha value is -3.15. The summed E-state index contributed by atoms with van der Waals surface area (Å²) < 4.78 is 4.61. The van der Waals surface area contributed by atoms with Gasteiger partial charge in [0.15, 0.2) is 0 Å². The van der Waals surface area contributed by atoms with E-state index in [0.29, 0.717) is 5.69 Å². The number of rotatable bonds is 3. The second-order valence-corrected chi connectivity index (χ2v) is 4.05. The van der Waals surface area contributed by atoms with Crippen molar-refractivity contribution in [2.24, 2.45) is 0 Å². The second kappa shape index (κ2) is 6.33. The van der Waals surface area contributed by atoms with Crippen molar-refractivity contribution in [2.45, 2.75) is 0 Å². The Labute approximate surface area is 120 Å². The van der Waals surface area contributed by atoms with Gasteiger partial charge in [-0.3, -0.25) is 5.32 Å². The summed E-state index contributed by atoms with van der Waals surface area (Å²) in [7, 11) is 0. The summed E-state index contributed by atoms with van der Waals surface area (Å²) >= 11 is 0. The van der Waals surface area contributed by atoms with Gasteiger partial charge in [-0.05, 0) is 36.4 Å². The van der Waals surface area contributed by atoms with Crippen LogP contribution in [0.15, 0.2) is 54.6 Å². The molecule has 0 radical (unpaired) electrons. The van der Waals surface area contributed by atoms with E-state index in [-0.39, 0.29) is 11.1 Å². The van der Waals surface area contributed by atoms with E-state index >= 15 is 0 Å². The molecule has 0 spiro atoms. The van der Waals surface area contributed by atoms with E-state index in [1.165, 1.54) is 36.4 Å². The minimum atomic E-state index is -1.07. The molecule has 0 saturated heterocycles. The van der Waals surface area contributed by atoms with Gasteiger partial charge in [-0.2, -0.15) is 0 Å². The number of hydrogen-bond donors (Lipinski definition) is 2. The van der Waals surface area contributed by atoms with Crippen molar-refractivity contribution >= 4 is 23.7 Å². The smallest absolute Gasteiger partial charge is 0.419 e. The Morgan fingerprint density at radius 2 is 1.48 bits per heavy atom. The SMILES string of the molecule is O=C(Nc1ccc(C(=O)O)cc1)OC(=O)c1ccccc1. The second-order valence-electron chi connectivity index (χ2n) is 4.05. The largest absolute Gasteiger partial charge is 0.478 e. The van der Waals surface area contributed by atoms with E-state index < -0.39 is 18.0 Å². The van der Waals surface area contributed by atoms with Crippen LogP contribution in [0.5, 0.6) is 0 Å². The number of aromatic carboxylic acids is 1. The lowest BCUT2D eigenvalue weighted by Crippen LogP contribution is -2.18. The molecule has 0 aromatic heterocycles. The molecule has 2 aromatic carbocycles. The number of esters is 1. The first-order valence-corrected chi connectivity index (χ1v) is 5.98. The maximum absolute atomic E-state index is 11.6. The van der Waals surface area contributed by atoms with Crippen LogP contribution in [0.25, 0.3) is 0 Å². The van der Waals surface area contributed by atoms with Crippen molar-refractivity contribution in [3.05, 3.63) is 65.7 Å². The lowest BCUT2D eigenvalue weighted by atomic mass is 10.2. The van der Waals surface area contributed by atoms with Crippen LogP contribution in [-0.4, -0.2) is 23.1 Å². The predicted molar refractivity (Wildman–Crippen MR) is 74.3 cm³/mol. The molecule has 0 aliphatic rings. The Morgan fingerprint density at radius 3 is 2.05 bits per heavy atom. The highest BCUT2D eigenvalue weighted by molar-refractivity contribution is 6.00. The Kier molecular flexibility index (Phi) is 4.30. The van der Waals surface area contributed by atoms with E-state index in [4.69, 9.17) is 5.11 Å². The summed E-state index contributed by atoms with van der Waals surface area (Å²) in [4.78, 5) is 33.9. The first-order valence-electron chi connectivity index (χ1n) is 5.98. The Morgan fingerprint density at radius 1 is 0.857 bits per heavy atom. The van der Waals surface area contributed by atoms with E-state index in [9.17, 15) is 14.4 Å². The topological polar surface area (TPSA) is 92.7 Å². The van der Waals surface area contributed by atoms with Crippen molar-refractivity contribution < 1.29 is 24.2 Å². The molecule has 0 aliphatic heterocycles. The average molecular weight is 285 g/mol. The molecule has 0 aliphatic carbocycles. The Balaban J connectivity index is 1.95. The first-order chi connectivity index (χ1) is 10.1. The normalized spacial score (nSPS) is 9.71. The van der Waals surface area contributed by atoms with Gasteiger partial charge in [-0.1, -0.05) is 18.2 Å². The van der Waals surface area contributed by atoms with E-state index in [0.717, 1.165) is 0 Å². The number of hydrogen-bond acceptors (Lipinski definition) is 4. The minimum absolute atomic E-state index is 0.0919. The van der Waals surface area contributed by atoms with Crippen LogP contribution in [0.4, 0.5) is 10.5 Å². The molecule has 106 valence electrons. The number of ether oxygens (including phenoxy) is 1. The van der Waals surface area contributed by atoms with Gasteiger partial charge in [0, 0.05) is 5.69 Å². The average Bonchev–Trinajstić information content (AvgIpc) is 2.48. The molecule has 0 unspecified atom stereocenters. The van der Waals surface area contributed by atoms with Crippen LogP contribution in [-0.2, 0) is 4.74 Å². The van der Waals surface area contributed by atoms with Crippen LogP contribution >= 0.6 is 0 Å². The molecular weight excluding hydrogens is 274 g/mol. The summed E-state index contributed by atoms with van der Waals surface area (Å²) in [6.45, 7) is 0. The number of carboxylic acid groups (broad SMARTS) is 1. The third kappa shape index (κ3) is 3.90. The summed E-state index contributed by atoms with van der Waals surface area (Å²) in [5.74, 6) is -1.83. The van der Waals surface area contributed by atoms with Gasteiger partial charge in [0.05, 0.1) is 11.1 Å². The fourth-order valence-electron chi connectivity index (χ4n) is 1.56. The van der Waals surface area contributed by atoms with Crippen molar-refractivity contribution in [1.82, 2.24) is 0 Å². The van der Waals surface area contributed by atoms with Gasteiger partial charge in [-0.15, -0.1) is 0 Å². The lowest BCUT2D eigenvalue weighted by molar-refractivity contribution is 0.0643. The Bertz CT molecular complexity index is 664. The van der Waals surface area contributed by atoms with Crippen molar-refractivity contribution in [3.8, 4) is 0 Å². The van der Waals surface area contributed by atoms with E-state index in [1.54, 1.807) is 18.2 Å². The quantitative estimate of drug-likeness (QED) is 0.668. The molecular formula is C15H11NO5. The molecule has 1 amide bonds. The maximum Gasteiger partial charge on any atom is 0.419 e. The molecule has 6 nitrogen and oxygen atoms in total. The number of carbonyl (C=O) groups is 3. The van der Waals surface area contributed by atoms with Crippen molar-refractivity contribution in [1.29, 1.82) is 0 Å². The molecule has 0 heterocycles. The summed E-state index contributed by atoms with van der Waals surface area (Å²) in [6, 6.07) is 13.6. The van der Waals surface area contributed by atoms with Crippen LogP contribution in [0.3, 0.4) is 0 Å². The highest BCUT2D eigenvalue weighted by atomic mass is 16.6. The van der Waals surface area contributed by atoms with E-state index in [1.807, 2.05) is 0 Å².